The standard InChI is InChI=1S/C14H19NO3S/c1-3-18-14-7-5-6-13-12(14)8-9-15(13)10-11-19(16,17)4-2/h5-9H,3-4,10-11H2,1-2H3. The molecule has 0 radical (unpaired) electrons. The lowest BCUT2D eigenvalue weighted by Gasteiger charge is -2.07. The van der Waals surface area contributed by atoms with Crippen LogP contribution >= 0.6 is 0 Å². The lowest BCUT2D eigenvalue weighted by atomic mass is 10.2. The highest BCUT2D eigenvalue weighted by atomic mass is 32.2. The van der Waals surface area contributed by atoms with Crippen molar-refractivity contribution in [3.05, 3.63) is 30.5 Å². The Morgan fingerprint density at radius 2 is 2.00 bits per heavy atom. The van der Waals surface area contributed by atoms with E-state index in [4.69, 9.17) is 4.74 Å². The summed E-state index contributed by atoms with van der Waals surface area (Å²) in [5, 5.41) is 1.03. The molecule has 0 saturated heterocycles. The minimum Gasteiger partial charge on any atom is -0.493 e. The number of sulfone groups is 1. The number of hydrogen-bond donors (Lipinski definition) is 0. The number of aryl methyl sites for hydroxylation is 1. The molecule has 0 bridgehead atoms. The SMILES string of the molecule is CCOc1cccc2c1ccn2CCS(=O)(=O)CC. The Morgan fingerprint density at radius 3 is 2.68 bits per heavy atom. The fraction of sp³-hybridized carbons (Fsp3) is 0.429. The Bertz CT molecular complexity index is 658. The zero-order valence-corrected chi connectivity index (χ0v) is 12.1. The second-order valence-corrected chi connectivity index (χ2v) is 6.84. The van der Waals surface area contributed by atoms with Crippen LogP contribution in [0.4, 0.5) is 0 Å². The van der Waals surface area contributed by atoms with Crippen LogP contribution in [0.15, 0.2) is 30.5 Å². The fourth-order valence-corrected chi connectivity index (χ4v) is 2.82. The third-order valence-corrected chi connectivity index (χ3v) is 4.84. The van der Waals surface area contributed by atoms with Gasteiger partial charge in [-0.05, 0) is 25.1 Å². The van der Waals surface area contributed by atoms with Crippen molar-refractivity contribution in [2.75, 3.05) is 18.1 Å². The minimum absolute atomic E-state index is 0.173. The van der Waals surface area contributed by atoms with E-state index in [1.165, 1.54) is 0 Å². The van der Waals surface area contributed by atoms with Gasteiger partial charge in [-0.2, -0.15) is 0 Å². The predicted molar refractivity (Wildman–Crippen MR) is 77.4 cm³/mol. The van der Waals surface area contributed by atoms with Gasteiger partial charge in [0.25, 0.3) is 0 Å². The Balaban J connectivity index is 2.28. The van der Waals surface area contributed by atoms with Gasteiger partial charge in [0.05, 0.1) is 17.9 Å². The molecule has 19 heavy (non-hydrogen) atoms. The van der Waals surface area contributed by atoms with Gasteiger partial charge < -0.3 is 9.30 Å². The Kier molecular flexibility index (Phi) is 4.14. The van der Waals surface area contributed by atoms with Crippen molar-refractivity contribution in [3.8, 4) is 5.75 Å². The number of ether oxygens (including phenoxy) is 1. The van der Waals surface area contributed by atoms with Crippen molar-refractivity contribution < 1.29 is 13.2 Å². The fourth-order valence-electron chi connectivity index (χ4n) is 2.05. The van der Waals surface area contributed by atoms with E-state index in [-0.39, 0.29) is 11.5 Å². The maximum absolute atomic E-state index is 11.6. The molecule has 0 saturated carbocycles. The molecule has 0 fully saturated rings. The molecular weight excluding hydrogens is 262 g/mol. The molecule has 0 N–H and O–H groups in total. The zero-order valence-electron chi connectivity index (χ0n) is 11.3. The van der Waals surface area contributed by atoms with Gasteiger partial charge in [-0.25, -0.2) is 8.42 Å². The van der Waals surface area contributed by atoms with Crippen LogP contribution in [-0.4, -0.2) is 31.1 Å². The highest BCUT2D eigenvalue weighted by molar-refractivity contribution is 7.91. The van der Waals surface area contributed by atoms with Gasteiger partial charge in [0.1, 0.15) is 5.75 Å². The van der Waals surface area contributed by atoms with E-state index < -0.39 is 9.84 Å². The highest BCUT2D eigenvalue weighted by Crippen LogP contribution is 2.26. The molecular formula is C14H19NO3S. The quantitative estimate of drug-likeness (QED) is 0.817. The maximum atomic E-state index is 11.6. The summed E-state index contributed by atoms with van der Waals surface area (Å²) in [4.78, 5) is 0. The van der Waals surface area contributed by atoms with Crippen LogP contribution in [0.5, 0.6) is 5.75 Å². The van der Waals surface area contributed by atoms with Crippen molar-refractivity contribution >= 4 is 20.7 Å². The molecule has 0 atom stereocenters. The number of nitrogens with zero attached hydrogens (tertiary/aromatic N) is 1. The average Bonchev–Trinajstić information content (AvgIpc) is 2.81. The molecule has 0 spiro atoms. The molecule has 0 aliphatic heterocycles. The van der Waals surface area contributed by atoms with Gasteiger partial charge in [-0.1, -0.05) is 13.0 Å². The minimum atomic E-state index is -2.94. The first-order chi connectivity index (χ1) is 9.07. The average molecular weight is 281 g/mol. The van der Waals surface area contributed by atoms with E-state index in [9.17, 15) is 8.42 Å². The number of rotatable bonds is 6. The van der Waals surface area contributed by atoms with Crippen LogP contribution in [-0.2, 0) is 16.4 Å². The highest BCUT2D eigenvalue weighted by Gasteiger charge is 2.10. The summed E-state index contributed by atoms with van der Waals surface area (Å²) in [6.07, 6.45) is 1.92. The monoisotopic (exact) mass is 281 g/mol. The van der Waals surface area contributed by atoms with Crippen molar-refractivity contribution in [3.63, 3.8) is 0 Å². The van der Waals surface area contributed by atoms with E-state index in [0.29, 0.717) is 13.2 Å². The molecule has 0 aliphatic carbocycles. The van der Waals surface area contributed by atoms with Gasteiger partial charge in [-0.3, -0.25) is 0 Å². The molecule has 2 rings (SSSR count). The van der Waals surface area contributed by atoms with E-state index >= 15 is 0 Å². The molecule has 5 heteroatoms. The third-order valence-electron chi connectivity index (χ3n) is 3.16. The maximum Gasteiger partial charge on any atom is 0.151 e. The third kappa shape index (κ3) is 3.10. The topological polar surface area (TPSA) is 48.3 Å². The Labute approximate surface area is 113 Å². The Morgan fingerprint density at radius 1 is 1.21 bits per heavy atom. The molecule has 0 amide bonds. The normalized spacial score (nSPS) is 11.9. The Hall–Kier alpha value is -1.49. The summed E-state index contributed by atoms with van der Waals surface area (Å²) in [5.74, 6) is 1.21. The summed E-state index contributed by atoms with van der Waals surface area (Å²) in [6, 6.07) is 7.81. The van der Waals surface area contributed by atoms with E-state index in [1.807, 2.05) is 42.0 Å². The second-order valence-electron chi connectivity index (χ2n) is 4.37. The molecule has 1 aromatic carbocycles. The van der Waals surface area contributed by atoms with Crippen LogP contribution in [0.25, 0.3) is 10.9 Å². The van der Waals surface area contributed by atoms with Crippen LogP contribution in [0, 0.1) is 0 Å². The molecule has 0 unspecified atom stereocenters. The number of hydrogen-bond acceptors (Lipinski definition) is 3. The summed E-state index contributed by atoms with van der Waals surface area (Å²) in [6.45, 7) is 4.73. The smallest absolute Gasteiger partial charge is 0.151 e. The molecule has 1 heterocycles. The van der Waals surface area contributed by atoms with Crippen LogP contribution < -0.4 is 4.74 Å². The number of aromatic nitrogens is 1. The van der Waals surface area contributed by atoms with Gasteiger partial charge in [0, 0.05) is 23.9 Å². The van der Waals surface area contributed by atoms with Crippen molar-refractivity contribution in [1.82, 2.24) is 4.57 Å². The predicted octanol–water partition coefficient (Wildman–Crippen LogP) is 2.47. The first-order valence-electron chi connectivity index (χ1n) is 6.48. The van der Waals surface area contributed by atoms with Crippen molar-refractivity contribution in [2.24, 2.45) is 0 Å². The van der Waals surface area contributed by atoms with Crippen molar-refractivity contribution in [1.29, 1.82) is 0 Å². The van der Waals surface area contributed by atoms with Gasteiger partial charge in [0.15, 0.2) is 9.84 Å². The van der Waals surface area contributed by atoms with Gasteiger partial charge in [0.2, 0.25) is 0 Å². The van der Waals surface area contributed by atoms with Crippen molar-refractivity contribution in [2.45, 2.75) is 20.4 Å². The van der Waals surface area contributed by atoms with Gasteiger partial charge in [-0.15, -0.1) is 0 Å². The van der Waals surface area contributed by atoms with Gasteiger partial charge >= 0.3 is 0 Å². The largest absolute Gasteiger partial charge is 0.493 e. The molecule has 1 aromatic heterocycles. The first kappa shape index (κ1) is 13.9. The van der Waals surface area contributed by atoms with E-state index in [2.05, 4.69) is 0 Å². The van der Waals surface area contributed by atoms with Crippen LogP contribution in [0.2, 0.25) is 0 Å². The summed E-state index contributed by atoms with van der Waals surface area (Å²) < 4.78 is 30.7. The number of benzene rings is 1. The molecule has 4 nitrogen and oxygen atoms in total. The molecule has 2 aromatic rings. The zero-order chi connectivity index (χ0) is 13.9. The summed E-state index contributed by atoms with van der Waals surface area (Å²) >= 11 is 0. The van der Waals surface area contributed by atoms with E-state index in [0.717, 1.165) is 16.7 Å². The summed E-state index contributed by atoms with van der Waals surface area (Å²) in [5.41, 5.74) is 1.01. The van der Waals surface area contributed by atoms with E-state index in [1.54, 1.807) is 6.92 Å². The first-order valence-corrected chi connectivity index (χ1v) is 8.30. The molecule has 0 aliphatic rings. The van der Waals surface area contributed by atoms with Crippen LogP contribution in [0.3, 0.4) is 0 Å². The number of fused-ring (bicyclic) bond motifs is 1. The van der Waals surface area contributed by atoms with Crippen LogP contribution in [0.1, 0.15) is 13.8 Å². The second kappa shape index (κ2) is 5.65. The lowest BCUT2D eigenvalue weighted by molar-refractivity contribution is 0.344. The lowest BCUT2D eigenvalue weighted by Crippen LogP contribution is -2.14. The molecule has 104 valence electrons. The summed E-state index contributed by atoms with van der Waals surface area (Å²) in [7, 11) is -2.94.